The van der Waals surface area contributed by atoms with Gasteiger partial charge in [0.05, 0.1) is 16.6 Å². The Hall–Kier alpha value is -2.60. The van der Waals surface area contributed by atoms with Crippen molar-refractivity contribution in [2.45, 2.75) is 11.1 Å². The first-order chi connectivity index (χ1) is 11.7. The molecule has 0 bridgehead atoms. The van der Waals surface area contributed by atoms with Gasteiger partial charge in [0.25, 0.3) is 5.56 Å². The van der Waals surface area contributed by atoms with Crippen LogP contribution in [-0.4, -0.2) is 15.3 Å². The van der Waals surface area contributed by atoms with Crippen LogP contribution in [0.3, 0.4) is 0 Å². The predicted octanol–water partition coefficient (Wildman–Crippen LogP) is 3.04. The highest BCUT2D eigenvalue weighted by molar-refractivity contribution is 7.99. The van der Waals surface area contributed by atoms with E-state index in [2.05, 4.69) is 4.98 Å². The van der Waals surface area contributed by atoms with Crippen molar-refractivity contribution in [1.29, 1.82) is 0 Å². The summed E-state index contributed by atoms with van der Waals surface area (Å²) in [6.07, 6.45) is 0. The summed E-state index contributed by atoms with van der Waals surface area (Å²) in [4.78, 5) is 27.1. The van der Waals surface area contributed by atoms with Crippen molar-refractivity contribution in [2.24, 2.45) is 0 Å². The third kappa shape index (κ3) is 2.30. The Morgan fingerprint density at radius 3 is 2.50 bits per heavy atom. The molecule has 0 aliphatic carbocycles. The van der Waals surface area contributed by atoms with Gasteiger partial charge >= 0.3 is 5.69 Å². The molecule has 0 spiro atoms. The third-order valence-electron chi connectivity index (χ3n) is 4.12. The number of halogens is 1. The maximum Gasteiger partial charge on any atom is 0.329 e. The molecule has 3 aromatic rings. The van der Waals surface area contributed by atoms with Crippen LogP contribution in [0.15, 0.2) is 69.2 Å². The van der Waals surface area contributed by atoms with Gasteiger partial charge in [-0.15, -0.1) is 11.8 Å². The molecule has 0 amide bonds. The minimum Gasteiger partial charge on any atom is -0.279 e. The highest BCUT2D eigenvalue weighted by Gasteiger charge is 2.30. The minimum atomic E-state index is -0.558. The van der Waals surface area contributed by atoms with E-state index in [0.29, 0.717) is 10.8 Å². The van der Waals surface area contributed by atoms with E-state index in [0.717, 1.165) is 5.56 Å². The molecule has 1 aromatic heterocycles. The second kappa shape index (κ2) is 5.79. The number of thioether (sulfide) groups is 1. The molecule has 0 radical (unpaired) electrons. The first kappa shape index (κ1) is 15.0. The molecule has 4 rings (SSSR count). The van der Waals surface area contributed by atoms with E-state index in [1.807, 2.05) is 30.3 Å². The second-order valence-electron chi connectivity index (χ2n) is 5.53. The average molecular weight is 340 g/mol. The molecule has 2 aromatic carbocycles. The lowest BCUT2D eigenvalue weighted by Gasteiger charge is -2.15. The Morgan fingerprint density at radius 1 is 1.04 bits per heavy atom. The van der Waals surface area contributed by atoms with E-state index in [1.165, 1.54) is 17.8 Å². The fourth-order valence-electron chi connectivity index (χ4n) is 3.01. The van der Waals surface area contributed by atoms with E-state index in [9.17, 15) is 14.0 Å². The number of hydrogen-bond donors (Lipinski definition) is 1. The molecule has 1 unspecified atom stereocenters. The SMILES string of the molecule is O=c1[nH]c(=O)n2c(c1-c1ccccc1F)SCC2c1ccccc1. The number of benzene rings is 2. The van der Waals surface area contributed by atoms with E-state index in [4.69, 9.17) is 0 Å². The molecule has 0 fully saturated rings. The van der Waals surface area contributed by atoms with Crippen molar-refractivity contribution in [3.05, 3.63) is 86.8 Å². The normalized spacial score (nSPS) is 16.1. The van der Waals surface area contributed by atoms with Gasteiger partial charge < -0.3 is 0 Å². The quantitative estimate of drug-likeness (QED) is 0.730. The summed E-state index contributed by atoms with van der Waals surface area (Å²) in [5, 5.41) is 0.516. The Bertz CT molecular complexity index is 1030. The van der Waals surface area contributed by atoms with Crippen LogP contribution in [0.25, 0.3) is 11.1 Å². The lowest BCUT2D eigenvalue weighted by molar-refractivity contribution is 0.574. The van der Waals surface area contributed by atoms with E-state index in [1.54, 1.807) is 22.8 Å². The molecule has 4 nitrogen and oxygen atoms in total. The minimum absolute atomic E-state index is 0.180. The van der Waals surface area contributed by atoms with Crippen LogP contribution >= 0.6 is 11.8 Å². The van der Waals surface area contributed by atoms with Crippen molar-refractivity contribution in [1.82, 2.24) is 9.55 Å². The molecular formula is C18H13FN2O2S. The number of rotatable bonds is 2. The van der Waals surface area contributed by atoms with E-state index >= 15 is 0 Å². The monoisotopic (exact) mass is 340 g/mol. The molecule has 120 valence electrons. The summed E-state index contributed by atoms with van der Waals surface area (Å²) in [7, 11) is 0. The van der Waals surface area contributed by atoms with Gasteiger partial charge in [-0.1, -0.05) is 48.5 Å². The standard InChI is InChI=1S/C18H13FN2O2S/c19-13-9-5-4-8-12(13)15-16(22)20-18(23)21-14(10-24-17(15)21)11-6-2-1-3-7-11/h1-9,14H,10H2,(H,20,22,23). The maximum atomic E-state index is 14.2. The molecule has 1 aliphatic heterocycles. The summed E-state index contributed by atoms with van der Waals surface area (Å²) in [6, 6.07) is 15.6. The van der Waals surface area contributed by atoms with Gasteiger partial charge in [-0.25, -0.2) is 9.18 Å². The molecular weight excluding hydrogens is 327 g/mol. The van der Waals surface area contributed by atoms with Crippen LogP contribution in [0, 0.1) is 5.82 Å². The fraction of sp³-hybridized carbons (Fsp3) is 0.111. The fourth-order valence-corrected chi connectivity index (χ4v) is 4.36. The summed E-state index contributed by atoms with van der Waals surface area (Å²) in [5.74, 6) is 0.145. The smallest absolute Gasteiger partial charge is 0.279 e. The molecule has 1 N–H and O–H groups in total. The van der Waals surface area contributed by atoms with Gasteiger partial charge in [0.1, 0.15) is 5.82 Å². The predicted molar refractivity (Wildman–Crippen MR) is 92.0 cm³/mol. The topological polar surface area (TPSA) is 54.9 Å². The summed E-state index contributed by atoms with van der Waals surface area (Å²) < 4.78 is 15.8. The number of aromatic amines is 1. The Morgan fingerprint density at radius 2 is 1.75 bits per heavy atom. The van der Waals surface area contributed by atoms with E-state index < -0.39 is 17.1 Å². The van der Waals surface area contributed by atoms with Gasteiger partial charge in [0.2, 0.25) is 0 Å². The number of nitrogens with zero attached hydrogens (tertiary/aromatic N) is 1. The first-order valence-corrected chi connectivity index (χ1v) is 8.47. The van der Waals surface area contributed by atoms with Gasteiger partial charge in [-0.3, -0.25) is 14.3 Å². The summed E-state index contributed by atoms with van der Waals surface area (Å²) >= 11 is 1.41. The molecule has 0 saturated heterocycles. The van der Waals surface area contributed by atoms with Crippen LogP contribution in [0.4, 0.5) is 4.39 Å². The van der Waals surface area contributed by atoms with Crippen molar-refractivity contribution >= 4 is 11.8 Å². The number of nitrogens with one attached hydrogen (secondary N) is 1. The van der Waals surface area contributed by atoms with Crippen LogP contribution in [-0.2, 0) is 0 Å². The Balaban J connectivity index is 1.98. The third-order valence-corrected chi connectivity index (χ3v) is 5.27. The van der Waals surface area contributed by atoms with Gasteiger partial charge in [-0.2, -0.15) is 0 Å². The zero-order chi connectivity index (χ0) is 16.7. The van der Waals surface area contributed by atoms with Gasteiger partial charge in [0, 0.05) is 11.3 Å². The number of hydrogen-bond acceptors (Lipinski definition) is 3. The molecule has 2 heterocycles. The van der Waals surface area contributed by atoms with Crippen molar-refractivity contribution in [3.8, 4) is 11.1 Å². The van der Waals surface area contributed by atoms with Crippen molar-refractivity contribution in [3.63, 3.8) is 0 Å². The van der Waals surface area contributed by atoms with Crippen LogP contribution in [0.1, 0.15) is 11.6 Å². The molecule has 1 aliphatic rings. The molecule has 6 heteroatoms. The largest absolute Gasteiger partial charge is 0.329 e. The maximum absolute atomic E-state index is 14.2. The first-order valence-electron chi connectivity index (χ1n) is 7.48. The number of aromatic nitrogens is 2. The second-order valence-corrected chi connectivity index (χ2v) is 6.54. The van der Waals surface area contributed by atoms with Gasteiger partial charge in [-0.05, 0) is 11.6 Å². The Labute approximate surface area is 141 Å². The molecule has 24 heavy (non-hydrogen) atoms. The zero-order valence-electron chi connectivity index (χ0n) is 12.5. The lowest BCUT2D eigenvalue weighted by atomic mass is 10.1. The average Bonchev–Trinajstić information content (AvgIpc) is 3.02. The van der Waals surface area contributed by atoms with Crippen LogP contribution in [0.5, 0.6) is 0 Å². The molecule has 1 atom stereocenters. The van der Waals surface area contributed by atoms with E-state index in [-0.39, 0.29) is 17.2 Å². The highest BCUT2D eigenvalue weighted by Crippen LogP contribution is 2.39. The zero-order valence-corrected chi connectivity index (χ0v) is 13.3. The molecule has 0 saturated carbocycles. The summed E-state index contributed by atoms with van der Waals surface area (Å²) in [5.41, 5.74) is 0.392. The van der Waals surface area contributed by atoms with Gasteiger partial charge in [0.15, 0.2) is 0 Å². The van der Waals surface area contributed by atoms with Crippen molar-refractivity contribution in [2.75, 3.05) is 5.75 Å². The number of fused-ring (bicyclic) bond motifs is 1. The highest BCUT2D eigenvalue weighted by atomic mass is 32.2. The summed E-state index contributed by atoms with van der Waals surface area (Å²) in [6.45, 7) is 0. The van der Waals surface area contributed by atoms with Crippen LogP contribution in [0.2, 0.25) is 0 Å². The van der Waals surface area contributed by atoms with Crippen molar-refractivity contribution < 1.29 is 4.39 Å². The number of H-pyrrole nitrogens is 1. The van der Waals surface area contributed by atoms with Crippen LogP contribution < -0.4 is 11.2 Å². The lowest BCUT2D eigenvalue weighted by Crippen LogP contribution is -2.33. The Kier molecular flexibility index (Phi) is 3.61.